The Hall–Kier alpha value is -2.63. The molecule has 154 valence electrons. The van der Waals surface area contributed by atoms with Crippen LogP contribution in [0, 0.1) is 11.3 Å². The summed E-state index contributed by atoms with van der Waals surface area (Å²) in [5.41, 5.74) is 2.07. The summed E-state index contributed by atoms with van der Waals surface area (Å²) in [4.78, 5) is 32.8. The molecule has 0 fully saturated rings. The number of rotatable bonds is 5. The first-order chi connectivity index (χ1) is 14.5. The summed E-state index contributed by atoms with van der Waals surface area (Å²) in [6.07, 6.45) is 4.23. The van der Waals surface area contributed by atoms with Crippen molar-refractivity contribution in [2.45, 2.75) is 56.5 Å². The Morgan fingerprint density at radius 3 is 2.90 bits per heavy atom. The maximum atomic E-state index is 13.2. The Morgan fingerprint density at radius 2 is 2.13 bits per heavy atom. The molecule has 0 saturated heterocycles. The van der Waals surface area contributed by atoms with Crippen LogP contribution < -0.4 is 10.9 Å². The monoisotopic (exact) mass is 438 g/mol. The van der Waals surface area contributed by atoms with E-state index in [4.69, 9.17) is 4.98 Å². The fourth-order valence-electron chi connectivity index (χ4n) is 3.72. The lowest BCUT2D eigenvalue weighted by Crippen LogP contribution is -2.27. The number of thiophene rings is 1. The molecule has 4 rings (SSSR count). The lowest BCUT2D eigenvalue weighted by molar-refractivity contribution is -0.115. The van der Waals surface area contributed by atoms with E-state index in [9.17, 15) is 14.9 Å². The molecule has 1 aliphatic carbocycles. The van der Waals surface area contributed by atoms with Gasteiger partial charge < -0.3 is 5.32 Å². The first kappa shape index (κ1) is 20.6. The molecule has 1 amide bonds. The highest BCUT2D eigenvalue weighted by atomic mass is 32.2. The van der Waals surface area contributed by atoms with E-state index < -0.39 is 5.25 Å². The molecule has 30 heavy (non-hydrogen) atoms. The SMILES string of the molecule is CCn1c(SC(C)C(=O)Nc2ccccc2C#N)nc2sc3c(c2c1=O)CCCC3. The number of thioether (sulfide) groups is 1. The van der Waals surface area contributed by atoms with Gasteiger partial charge in [-0.3, -0.25) is 14.2 Å². The van der Waals surface area contributed by atoms with Gasteiger partial charge in [0, 0.05) is 11.4 Å². The van der Waals surface area contributed by atoms with Crippen molar-refractivity contribution in [1.82, 2.24) is 9.55 Å². The molecule has 2 aromatic heterocycles. The lowest BCUT2D eigenvalue weighted by Gasteiger charge is -2.15. The van der Waals surface area contributed by atoms with E-state index in [0.29, 0.717) is 23.0 Å². The predicted octanol–water partition coefficient (Wildman–Crippen LogP) is 4.35. The van der Waals surface area contributed by atoms with E-state index >= 15 is 0 Å². The fraction of sp³-hybridized carbons (Fsp3) is 0.364. The molecule has 0 radical (unpaired) electrons. The van der Waals surface area contributed by atoms with Gasteiger partial charge in [0.25, 0.3) is 5.56 Å². The number of amides is 1. The molecule has 0 aliphatic heterocycles. The van der Waals surface area contributed by atoms with Crippen molar-refractivity contribution in [3.8, 4) is 6.07 Å². The van der Waals surface area contributed by atoms with Crippen molar-refractivity contribution >= 4 is 44.9 Å². The van der Waals surface area contributed by atoms with Crippen molar-refractivity contribution in [2.24, 2.45) is 0 Å². The highest BCUT2D eigenvalue weighted by Gasteiger charge is 2.24. The van der Waals surface area contributed by atoms with Crippen molar-refractivity contribution in [2.75, 3.05) is 5.32 Å². The van der Waals surface area contributed by atoms with Crippen LogP contribution in [0.2, 0.25) is 0 Å². The summed E-state index contributed by atoms with van der Waals surface area (Å²) >= 11 is 2.89. The molecule has 1 atom stereocenters. The van der Waals surface area contributed by atoms with Gasteiger partial charge in [0.1, 0.15) is 10.9 Å². The summed E-state index contributed by atoms with van der Waals surface area (Å²) in [5, 5.41) is 12.9. The molecular weight excluding hydrogens is 416 g/mol. The Morgan fingerprint density at radius 1 is 1.37 bits per heavy atom. The van der Waals surface area contributed by atoms with Crippen LogP contribution in [0.4, 0.5) is 5.69 Å². The minimum absolute atomic E-state index is 0.00756. The quantitative estimate of drug-likeness (QED) is 0.473. The molecule has 1 N–H and O–H groups in total. The number of para-hydroxylation sites is 1. The molecular formula is C22H22N4O2S2. The molecule has 2 heterocycles. The van der Waals surface area contributed by atoms with Crippen LogP contribution >= 0.6 is 23.1 Å². The maximum absolute atomic E-state index is 13.2. The number of carbonyl (C=O) groups excluding carboxylic acids is 1. The van der Waals surface area contributed by atoms with Gasteiger partial charge in [-0.2, -0.15) is 5.26 Å². The first-order valence-corrected chi connectivity index (χ1v) is 11.7. The van der Waals surface area contributed by atoms with Crippen LogP contribution in [0.3, 0.4) is 0 Å². The Kier molecular flexibility index (Phi) is 5.93. The third kappa shape index (κ3) is 3.75. The van der Waals surface area contributed by atoms with Crippen LogP contribution in [0.15, 0.2) is 34.2 Å². The Bertz CT molecular complexity index is 1220. The number of anilines is 1. The number of nitriles is 1. The number of carbonyl (C=O) groups is 1. The summed E-state index contributed by atoms with van der Waals surface area (Å²) in [6.45, 7) is 4.21. The van der Waals surface area contributed by atoms with Gasteiger partial charge in [-0.1, -0.05) is 23.9 Å². The minimum Gasteiger partial charge on any atom is -0.324 e. The molecule has 0 spiro atoms. The van der Waals surface area contributed by atoms with Crippen LogP contribution in [0.25, 0.3) is 10.2 Å². The van der Waals surface area contributed by atoms with Gasteiger partial charge in [-0.25, -0.2) is 4.98 Å². The van der Waals surface area contributed by atoms with E-state index in [1.807, 2.05) is 6.92 Å². The largest absolute Gasteiger partial charge is 0.324 e. The second kappa shape index (κ2) is 8.62. The zero-order valence-electron chi connectivity index (χ0n) is 16.9. The number of fused-ring (bicyclic) bond motifs is 3. The molecule has 0 saturated carbocycles. The summed E-state index contributed by atoms with van der Waals surface area (Å²) in [7, 11) is 0. The van der Waals surface area contributed by atoms with Gasteiger partial charge in [-0.15, -0.1) is 11.3 Å². The van der Waals surface area contributed by atoms with Crippen LogP contribution in [-0.4, -0.2) is 20.7 Å². The van der Waals surface area contributed by atoms with Crippen molar-refractivity contribution < 1.29 is 4.79 Å². The molecule has 6 nitrogen and oxygen atoms in total. The van der Waals surface area contributed by atoms with E-state index in [-0.39, 0.29) is 11.5 Å². The zero-order valence-corrected chi connectivity index (χ0v) is 18.5. The van der Waals surface area contributed by atoms with Crippen molar-refractivity contribution in [3.63, 3.8) is 0 Å². The van der Waals surface area contributed by atoms with Crippen molar-refractivity contribution in [1.29, 1.82) is 5.26 Å². The maximum Gasteiger partial charge on any atom is 0.263 e. The van der Waals surface area contributed by atoms with Crippen molar-refractivity contribution in [3.05, 3.63) is 50.6 Å². The third-order valence-corrected chi connectivity index (χ3v) is 7.59. The second-order valence-corrected chi connectivity index (χ2v) is 9.63. The summed E-state index contributed by atoms with van der Waals surface area (Å²) in [6, 6.07) is 8.98. The first-order valence-electron chi connectivity index (χ1n) is 10.0. The second-order valence-electron chi connectivity index (χ2n) is 7.24. The number of aryl methyl sites for hydroxylation is 2. The number of nitrogens with one attached hydrogen (secondary N) is 1. The zero-order chi connectivity index (χ0) is 21.3. The smallest absolute Gasteiger partial charge is 0.263 e. The number of nitrogens with zero attached hydrogens (tertiary/aromatic N) is 3. The number of hydrogen-bond acceptors (Lipinski definition) is 6. The third-order valence-electron chi connectivity index (χ3n) is 5.31. The van der Waals surface area contributed by atoms with Gasteiger partial charge in [0.05, 0.1) is 21.9 Å². The van der Waals surface area contributed by atoms with Crippen LogP contribution in [0.5, 0.6) is 0 Å². The molecule has 3 aromatic rings. The molecule has 0 bridgehead atoms. The Labute approximate surface area is 182 Å². The number of benzene rings is 1. The van der Waals surface area contributed by atoms with E-state index in [1.54, 1.807) is 47.1 Å². The lowest BCUT2D eigenvalue weighted by atomic mass is 9.97. The predicted molar refractivity (Wildman–Crippen MR) is 121 cm³/mol. The fourth-order valence-corrected chi connectivity index (χ4v) is 6.00. The van der Waals surface area contributed by atoms with Crippen LogP contribution in [0.1, 0.15) is 42.7 Å². The standard InChI is InChI=1S/C22H22N4O2S2/c1-3-26-21(28)18-15-9-5-7-11-17(15)30-20(18)25-22(26)29-13(2)19(27)24-16-10-6-4-8-14(16)12-23/h4,6,8,10,13H,3,5,7,9,11H2,1-2H3,(H,24,27). The average Bonchev–Trinajstić information content (AvgIpc) is 3.12. The van der Waals surface area contributed by atoms with Gasteiger partial charge in [0.15, 0.2) is 5.16 Å². The normalized spacial score (nSPS) is 14.2. The summed E-state index contributed by atoms with van der Waals surface area (Å²) < 4.78 is 1.67. The van der Waals surface area contributed by atoms with Crippen LogP contribution in [-0.2, 0) is 24.2 Å². The highest BCUT2D eigenvalue weighted by Crippen LogP contribution is 2.35. The van der Waals surface area contributed by atoms with Gasteiger partial charge >= 0.3 is 0 Å². The number of aromatic nitrogens is 2. The minimum atomic E-state index is -0.478. The number of hydrogen-bond donors (Lipinski definition) is 1. The molecule has 1 aliphatic rings. The Balaban J connectivity index is 1.63. The van der Waals surface area contributed by atoms with E-state index in [0.717, 1.165) is 35.9 Å². The van der Waals surface area contributed by atoms with E-state index in [1.165, 1.54) is 22.2 Å². The van der Waals surface area contributed by atoms with E-state index in [2.05, 4.69) is 11.4 Å². The average molecular weight is 439 g/mol. The molecule has 1 aromatic carbocycles. The summed E-state index contributed by atoms with van der Waals surface area (Å²) in [5.74, 6) is -0.231. The molecule has 8 heteroatoms. The highest BCUT2D eigenvalue weighted by molar-refractivity contribution is 8.00. The topological polar surface area (TPSA) is 87.8 Å². The molecule has 1 unspecified atom stereocenters. The van der Waals surface area contributed by atoms with Gasteiger partial charge in [0.2, 0.25) is 5.91 Å². The van der Waals surface area contributed by atoms with Gasteiger partial charge in [-0.05, 0) is 57.2 Å².